The van der Waals surface area contributed by atoms with Crippen LogP contribution in [-0.4, -0.2) is 15.3 Å². The summed E-state index contributed by atoms with van der Waals surface area (Å²) in [5.74, 6) is -0.244. The fourth-order valence-corrected chi connectivity index (χ4v) is 2.07. The van der Waals surface area contributed by atoms with Gasteiger partial charge in [-0.05, 0) is 35.0 Å². The zero-order chi connectivity index (χ0) is 12.6. The first kappa shape index (κ1) is 11.8. The largest absolute Gasteiger partial charge is 0.329 e. The van der Waals surface area contributed by atoms with Crippen LogP contribution in [0.3, 0.4) is 0 Å². The number of benzene rings is 1. The topological polar surface area (TPSA) is 71.9 Å². The van der Waals surface area contributed by atoms with Crippen LogP contribution in [0.15, 0.2) is 32.3 Å². The van der Waals surface area contributed by atoms with Gasteiger partial charge in [0.25, 0.3) is 5.56 Å². The first-order valence-corrected chi connectivity index (χ1v) is 5.71. The predicted octanol–water partition coefficient (Wildman–Crippen LogP) is 1.04. The molecule has 0 saturated heterocycles. The molecule has 17 heavy (non-hydrogen) atoms. The van der Waals surface area contributed by atoms with Crippen LogP contribution in [0.25, 0.3) is 10.9 Å². The Balaban J connectivity index is 2.86. The van der Waals surface area contributed by atoms with Gasteiger partial charge < -0.3 is 4.98 Å². The number of carbonyl (C=O) groups excluding carboxylic acids is 1. The van der Waals surface area contributed by atoms with Crippen molar-refractivity contribution < 1.29 is 4.79 Å². The second-order valence-electron chi connectivity index (χ2n) is 3.69. The van der Waals surface area contributed by atoms with E-state index in [0.29, 0.717) is 15.4 Å². The number of aromatic nitrogens is 2. The molecule has 2 rings (SSSR count). The first-order chi connectivity index (χ1) is 8.00. The highest BCUT2D eigenvalue weighted by molar-refractivity contribution is 9.10. The number of nitrogens with zero attached hydrogens (tertiary/aromatic N) is 1. The molecular weight excluding hydrogens is 288 g/mol. The van der Waals surface area contributed by atoms with E-state index in [9.17, 15) is 14.4 Å². The number of carbonyl (C=O) groups is 1. The number of hydrogen-bond donors (Lipinski definition) is 1. The number of rotatable bonds is 2. The molecule has 1 N–H and O–H groups in total. The second-order valence-corrected chi connectivity index (χ2v) is 4.54. The molecule has 88 valence electrons. The van der Waals surface area contributed by atoms with Gasteiger partial charge in [-0.25, -0.2) is 4.79 Å². The molecule has 0 spiro atoms. The predicted molar refractivity (Wildman–Crippen MR) is 67.2 cm³/mol. The SMILES string of the molecule is CC(=O)Cn1c(=O)[nH]c2c(Br)cccc2c1=O. The Morgan fingerprint density at radius 2 is 2.12 bits per heavy atom. The van der Waals surface area contributed by atoms with E-state index in [1.165, 1.54) is 6.92 Å². The van der Waals surface area contributed by atoms with E-state index in [1.807, 2.05) is 0 Å². The molecular formula is C11H9BrN2O3. The van der Waals surface area contributed by atoms with Crippen molar-refractivity contribution in [3.05, 3.63) is 43.5 Å². The molecule has 0 atom stereocenters. The van der Waals surface area contributed by atoms with Gasteiger partial charge in [-0.15, -0.1) is 0 Å². The van der Waals surface area contributed by atoms with Crippen molar-refractivity contribution in [3.63, 3.8) is 0 Å². The second kappa shape index (κ2) is 4.29. The third kappa shape index (κ3) is 2.08. The molecule has 0 aliphatic heterocycles. The van der Waals surface area contributed by atoms with E-state index in [1.54, 1.807) is 18.2 Å². The van der Waals surface area contributed by atoms with Crippen molar-refractivity contribution in [1.82, 2.24) is 9.55 Å². The molecule has 0 saturated carbocycles. The highest BCUT2D eigenvalue weighted by Gasteiger charge is 2.10. The van der Waals surface area contributed by atoms with Crippen LogP contribution in [0.1, 0.15) is 6.92 Å². The summed E-state index contributed by atoms with van der Waals surface area (Å²) in [4.78, 5) is 37.3. The van der Waals surface area contributed by atoms with Gasteiger partial charge in [0, 0.05) is 4.47 Å². The molecule has 0 aliphatic carbocycles. The lowest BCUT2D eigenvalue weighted by Gasteiger charge is -2.05. The van der Waals surface area contributed by atoms with E-state index in [2.05, 4.69) is 20.9 Å². The maximum absolute atomic E-state index is 12.0. The van der Waals surface area contributed by atoms with Crippen LogP contribution in [0.2, 0.25) is 0 Å². The number of fused-ring (bicyclic) bond motifs is 1. The zero-order valence-electron chi connectivity index (χ0n) is 8.99. The molecule has 1 aromatic carbocycles. The molecule has 6 heteroatoms. The standard InChI is InChI=1S/C11H9BrN2O3/c1-6(15)5-14-10(16)7-3-2-4-8(12)9(7)13-11(14)17/h2-4H,5H2,1H3,(H,13,17). The normalized spacial score (nSPS) is 10.7. The first-order valence-electron chi connectivity index (χ1n) is 4.91. The number of Topliss-reactive ketones (excluding diaryl/α,β-unsaturated/α-hetero) is 1. The van der Waals surface area contributed by atoms with Crippen molar-refractivity contribution in [2.75, 3.05) is 0 Å². The minimum absolute atomic E-state index is 0.212. The lowest BCUT2D eigenvalue weighted by Crippen LogP contribution is -2.36. The van der Waals surface area contributed by atoms with Crippen molar-refractivity contribution in [2.45, 2.75) is 13.5 Å². The lowest BCUT2D eigenvalue weighted by molar-refractivity contribution is -0.117. The monoisotopic (exact) mass is 296 g/mol. The molecule has 0 amide bonds. The van der Waals surface area contributed by atoms with Crippen molar-refractivity contribution in [2.24, 2.45) is 0 Å². The van der Waals surface area contributed by atoms with Crippen molar-refractivity contribution in [3.8, 4) is 0 Å². The Morgan fingerprint density at radius 3 is 2.76 bits per heavy atom. The molecule has 2 aromatic rings. The number of H-pyrrole nitrogens is 1. The summed E-state index contributed by atoms with van der Waals surface area (Å²) in [5, 5.41) is 0.375. The van der Waals surface area contributed by atoms with Crippen molar-refractivity contribution in [1.29, 1.82) is 0 Å². The third-order valence-corrected chi connectivity index (χ3v) is 3.01. The fraction of sp³-hybridized carbons (Fsp3) is 0.182. The van der Waals surface area contributed by atoms with Crippen LogP contribution in [0, 0.1) is 0 Å². The van der Waals surface area contributed by atoms with E-state index >= 15 is 0 Å². The number of para-hydroxylation sites is 1. The average molecular weight is 297 g/mol. The minimum atomic E-state index is -0.579. The van der Waals surface area contributed by atoms with E-state index in [-0.39, 0.29) is 12.3 Å². The molecule has 0 fully saturated rings. The van der Waals surface area contributed by atoms with Gasteiger partial charge in [-0.3, -0.25) is 14.2 Å². The van der Waals surface area contributed by atoms with E-state index in [4.69, 9.17) is 0 Å². The Kier molecular flexibility index (Phi) is 2.97. The number of hydrogen-bond acceptors (Lipinski definition) is 3. The number of halogens is 1. The highest BCUT2D eigenvalue weighted by Crippen LogP contribution is 2.17. The number of aromatic amines is 1. The Labute approximate surface area is 104 Å². The van der Waals surface area contributed by atoms with Gasteiger partial charge in [-0.2, -0.15) is 0 Å². The molecule has 1 aromatic heterocycles. The van der Waals surface area contributed by atoms with Gasteiger partial charge in [0.1, 0.15) is 5.78 Å². The summed E-state index contributed by atoms with van der Waals surface area (Å²) >= 11 is 3.26. The average Bonchev–Trinajstić information content (AvgIpc) is 2.26. The molecule has 0 aliphatic rings. The maximum Gasteiger partial charge on any atom is 0.329 e. The Bertz CT molecular complexity index is 715. The van der Waals surface area contributed by atoms with E-state index in [0.717, 1.165) is 4.57 Å². The fourth-order valence-electron chi connectivity index (χ4n) is 1.61. The molecule has 0 unspecified atom stereocenters. The van der Waals surface area contributed by atoms with Crippen LogP contribution in [0.4, 0.5) is 0 Å². The van der Waals surface area contributed by atoms with E-state index < -0.39 is 11.2 Å². The van der Waals surface area contributed by atoms with Crippen LogP contribution >= 0.6 is 15.9 Å². The number of ketones is 1. The Hall–Kier alpha value is -1.69. The molecule has 0 radical (unpaired) electrons. The van der Waals surface area contributed by atoms with Gasteiger partial charge in [0.15, 0.2) is 0 Å². The Morgan fingerprint density at radius 1 is 1.41 bits per heavy atom. The summed E-state index contributed by atoms with van der Waals surface area (Å²) in [5.41, 5.74) is -0.591. The highest BCUT2D eigenvalue weighted by atomic mass is 79.9. The minimum Gasteiger partial charge on any atom is -0.306 e. The van der Waals surface area contributed by atoms with Crippen LogP contribution in [-0.2, 0) is 11.3 Å². The maximum atomic E-state index is 12.0. The van der Waals surface area contributed by atoms with Crippen LogP contribution in [0.5, 0.6) is 0 Å². The smallest absolute Gasteiger partial charge is 0.306 e. The molecule has 1 heterocycles. The lowest BCUT2D eigenvalue weighted by atomic mass is 10.2. The van der Waals surface area contributed by atoms with Gasteiger partial charge in [-0.1, -0.05) is 6.07 Å². The van der Waals surface area contributed by atoms with Gasteiger partial charge in [0.05, 0.1) is 17.4 Å². The van der Waals surface area contributed by atoms with Gasteiger partial charge >= 0.3 is 5.69 Å². The van der Waals surface area contributed by atoms with Crippen LogP contribution < -0.4 is 11.2 Å². The zero-order valence-corrected chi connectivity index (χ0v) is 10.6. The summed E-state index contributed by atoms with van der Waals surface area (Å²) in [6.07, 6.45) is 0. The third-order valence-electron chi connectivity index (χ3n) is 2.35. The summed E-state index contributed by atoms with van der Waals surface area (Å²) in [7, 11) is 0. The quantitative estimate of drug-likeness (QED) is 0.900. The summed E-state index contributed by atoms with van der Waals surface area (Å²) in [6, 6.07) is 5.03. The molecule has 5 nitrogen and oxygen atoms in total. The van der Waals surface area contributed by atoms with Crippen molar-refractivity contribution >= 4 is 32.6 Å². The van der Waals surface area contributed by atoms with Gasteiger partial charge in [0.2, 0.25) is 0 Å². The summed E-state index contributed by atoms with van der Waals surface area (Å²) in [6.45, 7) is 1.12. The summed E-state index contributed by atoms with van der Waals surface area (Å²) < 4.78 is 1.54. The number of nitrogens with one attached hydrogen (secondary N) is 1. The molecule has 0 bridgehead atoms.